The highest BCUT2D eigenvalue weighted by Gasteiger charge is 2.32. The normalized spacial score (nSPS) is 15.8. The van der Waals surface area contributed by atoms with Crippen LogP contribution >= 0.6 is 0 Å². The van der Waals surface area contributed by atoms with Gasteiger partial charge in [0.05, 0.1) is 10.8 Å². The van der Waals surface area contributed by atoms with E-state index in [0.29, 0.717) is 41.9 Å². The Labute approximate surface area is 233 Å². The average molecular weight is 563 g/mol. The minimum absolute atomic E-state index is 0.00394. The van der Waals surface area contributed by atoms with Gasteiger partial charge in [-0.2, -0.15) is 4.72 Å². The van der Waals surface area contributed by atoms with Gasteiger partial charge in [-0.05, 0) is 67.9 Å². The van der Waals surface area contributed by atoms with Crippen molar-refractivity contribution in [3.05, 3.63) is 78.4 Å². The number of carbonyl (C=O) groups excluding carboxylic acids is 1. The summed E-state index contributed by atoms with van der Waals surface area (Å²) in [5.74, 6) is -1.11. The number of hydrogen-bond acceptors (Lipinski definition) is 5. The van der Waals surface area contributed by atoms with Crippen molar-refractivity contribution in [1.82, 2.24) is 10.0 Å². The van der Waals surface area contributed by atoms with Gasteiger partial charge >= 0.3 is 5.97 Å². The van der Waals surface area contributed by atoms with Gasteiger partial charge < -0.3 is 14.8 Å². The molecule has 2 atom stereocenters. The topological polar surface area (TPSA) is 126 Å². The van der Waals surface area contributed by atoms with Crippen LogP contribution in [0.4, 0.5) is 0 Å². The highest BCUT2D eigenvalue weighted by molar-refractivity contribution is 7.89. The van der Waals surface area contributed by atoms with E-state index in [1.54, 1.807) is 12.1 Å². The van der Waals surface area contributed by atoms with Crippen LogP contribution in [0.25, 0.3) is 21.9 Å². The predicted octanol–water partition coefficient (Wildman–Crippen LogP) is 5.58. The van der Waals surface area contributed by atoms with E-state index in [9.17, 15) is 23.1 Å². The second kappa shape index (κ2) is 12.2. The van der Waals surface area contributed by atoms with Crippen molar-refractivity contribution in [3.8, 4) is 0 Å². The molecule has 1 aromatic heterocycles. The van der Waals surface area contributed by atoms with Crippen LogP contribution in [0.5, 0.6) is 0 Å². The van der Waals surface area contributed by atoms with Gasteiger partial charge in [0.25, 0.3) is 0 Å². The summed E-state index contributed by atoms with van der Waals surface area (Å²) in [7, 11) is -4.09. The van der Waals surface area contributed by atoms with Crippen molar-refractivity contribution in [2.45, 2.75) is 61.8 Å². The second-order valence-electron chi connectivity index (χ2n) is 10.5. The van der Waals surface area contributed by atoms with Crippen molar-refractivity contribution < 1.29 is 27.5 Å². The maximum Gasteiger partial charge on any atom is 0.321 e. The molecule has 0 aliphatic heterocycles. The van der Waals surface area contributed by atoms with Gasteiger partial charge in [-0.25, -0.2) is 8.42 Å². The van der Waals surface area contributed by atoms with Crippen molar-refractivity contribution in [2.24, 2.45) is 5.92 Å². The molecule has 0 radical (unpaired) electrons. The zero-order valence-corrected chi connectivity index (χ0v) is 23.0. The average Bonchev–Trinajstić information content (AvgIpc) is 3.60. The molecule has 1 heterocycles. The lowest BCUT2D eigenvalue weighted by atomic mass is 9.84. The van der Waals surface area contributed by atoms with Crippen LogP contribution < -0.4 is 10.0 Å². The number of benzene rings is 3. The van der Waals surface area contributed by atoms with E-state index in [1.165, 1.54) is 12.1 Å². The molecule has 9 heteroatoms. The number of amides is 1. The standard InChI is InChI=1S/C31H34N2O6S/c34-30(29(22-12-4-5-13-22)21-10-2-1-3-11-21)32-19-9-8-15-26(31(35)36)33-40(37,38)23-17-18-28-25(20-23)24-14-6-7-16-27(24)39-28/h1-3,6-7,10-11,14,16-18,20,22,26,29,33H,4-5,8-9,12-13,15,19H2,(H,32,34)(H,35,36). The fourth-order valence-electron chi connectivity index (χ4n) is 5.74. The molecule has 1 fully saturated rings. The Balaban J connectivity index is 1.17. The van der Waals surface area contributed by atoms with Gasteiger partial charge in [0.15, 0.2) is 0 Å². The number of fused-ring (bicyclic) bond motifs is 3. The summed E-state index contributed by atoms with van der Waals surface area (Å²) in [6.07, 6.45) is 5.43. The lowest BCUT2D eigenvalue weighted by Crippen LogP contribution is -2.40. The van der Waals surface area contributed by atoms with Gasteiger partial charge in [-0.15, -0.1) is 0 Å². The molecule has 0 spiro atoms. The molecular formula is C31H34N2O6S. The van der Waals surface area contributed by atoms with Crippen molar-refractivity contribution in [2.75, 3.05) is 6.54 Å². The fourth-order valence-corrected chi connectivity index (χ4v) is 6.99. The number of hydrogen-bond donors (Lipinski definition) is 3. The molecule has 0 saturated heterocycles. The Bertz CT molecular complexity index is 1590. The first-order valence-electron chi connectivity index (χ1n) is 13.8. The first-order valence-corrected chi connectivity index (χ1v) is 15.3. The lowest BCUT2D eigenvalue weighted by molar-refractivity contribution is -0.139. The Kier molecular flexibility index (Phi) is 8.52. The van der Waals surface area contributed by atoms with E-state index in [-0.39, 0.29) is 23.1 Å². The molecule has 1 amide bonds. The fraction of sp³-hybridized carbons (Fsp3) is 0.355. The molecular weight excluding hydrogens is 528 g/mol. The van der Waals surface area contributed by atoms with E-state index < -0.39 is 22.0 Å². The molecule has 4 aromatic rings. The van der Waals surface area contributed by atoms with Crippen molar-refractivity contribution in [3.63, 3.8) is 0 Å². The zero-order valence-electron chi connectivity index (χ0n) is 22.2. The number of aliphatic carboxylic acids is 1. The maximum atomic E-state index is 13.1. The van der Waals surface area contributed by atoms with Gasteiger partial charge in [-0.1, -0.05) is 61.4 Å². The first kappa shape index (κ1) is 27.9. The summed E-state index contributed by atoms with van der Waals surface area (Å²) in [5.41, 5.74) is 2.22. The molecule has 40 heavy (non-hydrogen) atoms. The van der Waals surface area contributed by atoms with Crippen LogP contribution in [0.1, 0.15) is 56.4 Å². The van der Waals surface area contributed by atoms with Crippen LogP contribution in [-0.4, -0.2) is 38.0 Å². The first-order chi connectivity index (χ1) is 19.3. The molecule has 1 saturated carbocycles. The van der Waals surface area contributed by atoms with Crippen LogP contribution in [0, 0.1) is 5.92 Å². The Hall–Kier alpha value is -3.69. The molecule has 1 aliphatic rings. The number of carbonyl (C=O) groups is 2. The molecule has 3 N–H and O–H groups in total. The van der Waals surface area contributed by atoms with Crippen LogP contribution in [0.2, 0.25) is 0 Å². The Morgan fingerprint density at radius 1 is 0.900 bits per heavy atom. The SMILES string of the molecule is O=C(O)C(CCCCNC(=O)C(c1ccccc1)C1CCCC1)NS(=O)(=O)c1ccc2oc3ccccc3c2c1. The zero-order chi connectivity index (χ0) is 28.1. The Morgan fingerprint density at radius 3 is 2.35 bits per heavy atom. The number of sulfonamides is 1. The van der Waals surface area contributed by atoms with Crippen LogP contribution in [0.15, 0.2) is 82.1 Å². The van der Waals surface area contributed by atoms with E-state index in [4.69, 9.17) is 4.42 Å². The number of para-hydroxylation sites is 1. The summed E-state index contributed by atoms with van der Waals surface area (Å²) in [5, 5.41) is 14.2. The summed E-state index contributed by atoms with van der Waals surface area (Å²) in [4.78, 5) is 25.0. The van der Waals surface area contributed by atoms with E-state index in [2.05, 4.69) is 10.0 Å². The van der Waals surface area contributed by atoms with Crippen LogP contribution in [-0.2, 0) is 19.6 Å². The third-order valence-electron chi connectivity index (χ3n) is 7.79. The molecule has 0 bridgehead atoms. The molecule has 2 unspecified atom stereocenters. The maximum absolute atomic E-state index is 13.1. The number of unbranched alkanes of at least 4 members (excludes halogenated alkanes) is 1. The molecule has 8 nitrogen and oxygen atoms in total. The monoisotopic (exact) mass is 562 g/mol. The predicted molar refractivity (Wildman–Crippen MR) is 153 cm³/mol. The minimum Gasteiger partial charge on any atom is -0.480 e. The van der Waals surface area contributed by atoms with Gasteiger partial charge in [0, 0.05) is 17.3 Å². The smallest absolute Gasteiger partial charge is 0.321 e. The van der Waals surface area contributed by atoms with Crippen molar-refractivity contribution in [1.29, 1.82) is 0 Å². The number of nitrogens with one attached hydrogen (secondary N) is 2. The largest absolute Gasteiger partial charge is 0.480 e. The molecule has 210 valence electrons. The highest BCUT2D eigenvalue weighted by atomic mass is 32.2. The summed E-state index contributed by atoms with van der Waals surface area (Å²) >= 11 is 0. The quantitative estimate of drug-likeness (QED) is 0.194. The third-order valence-corrected chi connectivity index (χ3v) is 9.25. The lowest BCUT2D eigenvalue weighted by Gasteiger charge is -2.23. The highest BCUT2D eigenvalue weighted by Crippen LogP contribution is 2.37. The van der Waals surface area contributed by atoms with E-state index >= 15 is 0 Å². The summed E-state index contributed by atoms with van der Waals surface area (Å²) in [6.45, 7) is 0.401. The molecule has 5 rings (SSSR count). The number of carboxylic acid groups (broad SMARTS) is 1. The summed E-state index contributed by atoms with van der Waals surface area (Å²) < 4.78 is 34.3. The van der Waals surface area contributed by atoms with Crippen LogP contribution in [0.3, 0.4) is 0 Å². The number of rotatable bonds is 12. The van der Waals surface area contributed by atoms with Gasteiger partial charge in [0.1, 0.15) is 17.2 Å². The van der Waals surface area contributed by atoms with Gasteiger partial charge in [0.2, 0.25) is 15.9 Å². The minimum atomic E-state index is -4.09. The summed E-state index contributed by atoms with van der Waals surface area (Å²) in [6, 6.07) is 20.4. The molecule has 3 aromatic carbocycles. The van der Waals surface area contributed by atoms with E-state index in [1.807, 2.05) is 48.5 Å². The Morgan fingerprint density at radius 2 is 1.60 bits per heavy atom. The number of carboxylic acids is 1. The van der Waals surface area contributed by atoms with E-state index in [0.717, 1.165) is 36.6 Å². The number of furan rings is 1. The van der Waals surface area contributed by atoms with Gasteiger partial charge in [-0.3, -0.25) is 9.59 Å². The molecule has 1 aliphatic carbocycles. The second-order valence-corrected chi connectivity index (χ2v) is 12.2. The van der Waals surface area contributed by atoms with Crippen molar-refractivity contribution >= 4 is 43.8 Å². The third kappa shape index (κ3) is 6.21.